The minimum absolute atomic E-state index is 0.0445. The smallest absolute Gasteiger partial charge is 0.416 e. The maximum absolute atomic E-state index is 13.3. The number of nitrogens with zero attached hydrogens (tertiary/aromatic N) is 2. The largest absolute Gasteiger partial charge is 0.447 e. The topological polar surface area (TPSA) is 49.9 Å². The van der Waals surface area contributed by atoms with Gasteiger partial charge in [0.1, 0.15) is 6.61 Å². The molecule has 0 radical (unpaired) electrons. The minimum Gasteiger partial charge on any atom is -0.447 e. The number of imide groups is 1. The molecule has 4 rings (SSSR count). The zero-order valence-corrected chi connectivity index (χ0v) is 15.0. The number of carbonyl (C=O) groups excluding carboxylic acids is 2. The van der Waals surface area contributed by atoms with Gasteiger partial charge in [0.15, 0.2) is 0 Å². The van der Waals surface area contributed by atoms with E-state index in [0.29, 0.717) is 24.8 Å². The fraction of sp³-hybridized carbons (Fsp3) is 0.524. The van der Waals surface area contributed by atoms with Crippen LogP contribution in [0.25, 0.3) is 0 Å². The zero-order valence-electron chi connectivity index (χ0n) is 15.0. The molecule has 2 heterocycles. The van der Waals surface area contributed by atoms with Crippen LogP contribution < -0.4 is 0 Å². The standard InChI is InChI=1S/C21H26N2O3/c1-2-10-22-12-18(16-8-9-16)19(13-22)20(24)23-17(14-26-21(23)25)11-15-6-4-3-5-7-15/h2-7,16-19H,1,8-14H2/t17-,18+,19-/m0/s1. The van der Waals surface area contributed by atoms with Gasteiger partial charge in [-0.05, 0) is 36.7 Å². The molecule has 5 heteroatoms. The summed E-state index contributed by atoms with van der Waals surface area (Å²) in [6.07, 6.45) is 4.46. The molecule has 138 valence electrons. The predicted octanol–water partition coefficient (Wildman–Crippen LogP) is 2.72. The highest BCUT2D eigenvalue weighted by molar-refractivity contribution is 5.95. The van der Waals surface area contributed by atoms with Crippen LogP contribution in [0.1, 0.15) is 18.4 Å². The first-order valence-electron chi connectivity index (χ1n) is 9.54. The highest BCUT2D eigenvalue weighted by Crippen LogP contribution is 2.44. The summed E-state index contributed by atoms with van der Waals surface area (Å²) in [4.78, 5) is 29.3. The fourth-order valence-corrected chi connectivity index (χ4v) is 4.45. The predicted molar refractivity (Wildman–Crippen MR) is 98.5 cm³/mol. The van der Waals surface area contributed by atoms with Crippen molar-refractivity contribution in [1.29, 1.82) is 0 Å². The fourth-order valence-electron chi connectivity index (χ4n) is 4.45. The van der Waals surface area contributed by atoms with Crippen molar-refractivity contribution in [3.05, 3.63) is 48.6 Å². The lowest BCUT2D eigenvalue weighted by Gasteiger charge is -2.25. The van der Waals surface area contributed by atoms with Crippen LogP contribution in [-0.4, -0.2) is 54.1 Å². The molecule has 0 N–H and O–H groups in total. The van der Waals surface area contributed by atoms with Crippen molar-refractivity contribution in [1.82, 2.24) is 9.80 Å². The minimum atomic E-state index is -0.479. The number of rotatable bonds is 6. The summed E-state index contributed by atoms with van der Waals surface area (Å²) in [5.41, 5.74) is 1.12. The van der Waals surface area contributed by atoms with Gasteiger partial charge < -0.3 is 4.74 Å². The van der Waals surface area contributed by atoms with E-state index in [2.05, 4.69) is 11.5 Å². The summed E-state index contributed by atoms with van der Waals surface area (Å²) < 4.78 is 5.25. The van der Waals surface area contributed by atoms with E-state index in [1.807, 2.05) is 36.4 Å². The molecule has 2 amide bonds. The van der Waals surface area contributed by atoms with E-state index in [0.717, 1.165) is 18.7 Å². The molecule has 1 saturated carbocycles. The van der Waals surface area contributed by atoms with Crippen molar-refractivity contribution in [2.24, 2.45) is 17.8 Å². The third-order valence-corrected chi connectivity index (χ3v) is 5.89. The van der Waals surface area contributed by atoms with E-state index in [1.165, 1.54) is 17.7 Å². The van der Waals surface area contributed by atoms with Crippen LogP contribution in [0.4, 0.5) is 4.79 Å². The van der Waals surface area contributed by atoms with Gasteiger partial charge in [-0.3, -0.25) is 9.69 Å². The van der Waals surface area contributed by atoms with Crippen LogP contribution in [0.5, 0.6) is 0 Å². The van der Waals surface area contributed by atoms with Gasteiger partial charge in [-0.1, -0.05) is 36.4 Å². The lowest BCUT2D eigenvalue weighted by molar-refractivity contribution is -0.134. The molecule has 2 aliphatic heterocycles. The summed E-state index contributed by atoms with van der Waals surface area (Å²) in [6.45, 7) is 6.55. The van der Waals surface area contributed by atoms with Crippen molar-refractivity contribution >= 4 is 12.0 Å². The van der Waals surface area contributed by atoms with Gasteiger partial charge in [0, 0.05) is 19.6 Å². The summed E-state index contributed by atoms with van der Waals surface area (Å²) in [5.74, 6) is 0.835. The Labute approximate surface area is 154 Å². The lowest BCUT2D eigenvalue weighted by atomic mass is 9.90. The third kappa shape index (κ3) is 3.40. The first kappa shape index (κ1) is 17.3. The van der Waals surface area contributed by atoms with Gasteiger partial charge in [-0.15, -0.1) is 6.58 Å². The number of amides is 2. The van der Waals surface area contributed by atoms with Crippen molar-refractivity contribution < 1.29 is 14.3 Å². The molecule has 26 heavy (non-hydrogen) atoms. The Hall–Kier alpha value is -2.14. The maximum atomic E-state index is 13.3. The van der Waals surface area contributed by atoms with Crippen molar-refractivity contribution in [3.63, 3.8) is 0 Å². The molecular weight excluding hydrogens is 328 g/mol. The van der Waals surface area contributed by atoms with E-state index in [-0.39, 0.29) is 24.5 Å². The number of carbonyl (C=O) groups is 2. The Balaban J connectivity index is 1.50. The number of cyclic esters (lactones) is 1. The van der Waals surface area contributed by atoms with Gasteiger partial charge in [-0.25, -0.2) is 9.69 Å². The molecule has 5 nitrogen and oxygen atoms in total. The molecule has 0 aromatic heterocycles. The molecule has 3 atom stereocenters. The molecule has 1 aromatic carbocycles. The number of ether oxygens (including phenoxy) is 1. The normalized spacial score (nSPS) is 29.0. The van der Waals surface area contributed by atoms with Crippen LogP contribution in [0.3, 0.4) is 0 Å². The van der Waals surface area contributed by atoms with Gasteiger partial charge in [0.25, 0.3) is 0 Å². The van der Waals surface area contributed by atoms with E-state index in [4.69, 9.17) is 4.74 Å². The summed E-state index contributed by atoms with van der Waals surface area (Å²) in [6, 6.07) is 9.78. The molecule has 0 bridgehead atoms. The van der Waals surface area contributed by atoms with Crippen molar-refractivity contribution in [2.75, 3.05) is 26.2 Å². The summed E-state index contributed by atoms with van der Waals surface area (Å²) in [5, 5.41) is 0. The second-order valence-corrected chi connectivity index (χ2v) is 7.74. The SMILES string of the molecule is C=CCN1C[C@H](C(=O)N2C(=O)OC[C@@H]2Cc2ccccc2)[C@@H](C2CC2)C1. The van der Waals surface area contributed by atoms with Gasteiger partial charge >= 0.3 is 6.09 Å². The molecule has 2 saturated heterocycles. The molecule has 1 aliphatic carbocycles. The molecule has 1 aromatic rings. The quantitative estimate of drug-likeness (QED) is 0.737. The highest BCUT2D eigenvalue weighted by atomic mass is 16.6. The first-order chi connectivity index (χ1) is 12.7. The molecular formula is C21H26N2O3. The van der Waals surface area contributed by atoms with E-state index < -0.39 is 6.09 Å². The van der Waals surface area contributed by atoms with E-state index in [9.17, 15) is 9.59 Å². The average Bonchev–Trinajstić information content (AvgIpc) is 3.31. The Kier molecular flexibility index (Phi) is 4.81. The Morgan fingerprint density at radius 1 is 1.23 bits per heavy atom. The van der Waals surface area contributed by atoms with Crippen molar-refractivity contribution in [2.45, 2.75) is 25.3 Å². The van der Waals surface area contributed by atoms with Crippen LogP contribution in [0.2, 0.25) is 0 Å². The molecule has 0 unspecified atom stereocenters. The van der Waals surface area contributed by atoms with Gasteiger partial charge in [0.05, 0.1) is 12.0 Å². The maximum Gasteiger partial charge on any atom is 0.416 e. The summed E-state index contributed by atoms with van der Waals surface area (Å²) >= 11 is 0. The van der Waals surface area contributed by atoms with Crippen LogP contribution in [0, 0.1) is 17.8 Å². The first-order valence-corrected chi connectivity index (χ1v) is 9.54. The monoisotopic (exact) mass is 354 g/mol. The second kappa shape index (κ2) is 7.23. The van der Waals surface area contributed by atoms with Crippen LogP contribution in [-0.2, 0) is 16.0 Å². The Morgan fingerprint density at radius 2 is 2.00 bits per heavy atom. The van der Waals surface area contributed by atoms with Crippen LogP contribution in [0.15, 0.2) is 43.0 Å². The molecule has 0 spiro atoms. The highest BCUT2D eigenvalue weighted by Gasteiger charge is 2.49. The lowest BCUT2D eigenvalue weighted by Crippen LogP contribution is -2.45. The van der Waals surface area contributed by atoms with E-state index in [1.54, 1.807) is 0 Å². The Morgan fingerprint density at radius 3 is 2.69 bits per heavy atom. The summed E-state index contributed by atoms with van der Waals surface area (Å²) in [7, 11) is 0. The van der Waals surface area contributed by atoms with Gasteiger partial charge in [-0.2, -0.15) is 0 Å². The Bertz CT molecular complexity index is 686. The molecule has 3 fully saturated rings. The number of hydrogen-bond acceptors (Lipinski definition) is 4. The van der Waals surface area contributed by atoms with Gasteiger partial charge in [0.2, 0.25) is 5.91 Å². The number of hydrogen-bond donors (Lipinski definition) is 0. The second-order valence-electron chi connectivity index (χ2n) is 7.74. The third-order valence-electron chi connectivity index (χ3n) is 5.89. The van der Waals surface area contributed by atoms with Crippen molar-refractivity contribution in [3.8, 4) is 0 Å². The number of benzene rings is 1. The molecule has 3 aliphatic rings. The van der Waals surface area contributed by atoms with Crippen LogP contribution >= 0.6 is 0 Å². The average molecular weight is 354 g/mol. The zero-order chi connectivity index (χ0) is 18.1. The van der Waals surface area contributed by atoms with E-state index >= 15 is 0 Å². The number of likely N-dealkylation sites (tertiary alicyclic amines) is 1.